The second-order valence-corrected chi connectivity index (χ2v) is 32.5. The molecule has 0 unspecified atom stereocenters. The van der Waals surface area contributed by atoms with E-state index in [-0.39, 0.29) is 92.1 Å². The van der Waals surface area contributed by atoms with Gasteiger partial charge in [0.15, 0.2) is 0 Å². The number of amides is 4. The van der Waals surface area contributed by atoms with Gasteiger partial charge in [-0.1, -0.05) is 23.2 Å². The summed E-state index contributed by atoms with van der Waals surface area (Å²) in [7, 11) is 3.07. The molecule has 12 rings (SSSR count). The van der Waals surface area contributed by atoms with Crippen LogP contribution in [-0.2, 0) is 70.9 Å². The number of aliphatic hydroxyl groups excluding tert-OH is 2. The molecule has 0 saturated carbocycles. The fourth-order valence-electron chi connectivity index (χ4n) is 13.2. The van der Waals surface area contributed by atoms with Gasteiger partial charge in [-0.25, -0.2) is 58.8 Å². The van der Waals surface area contributed by atoms with Gasteiger partial charge in [-0.3, -0.25) is 4.79 Å². The number of hydrogen-bond acceptors (Lipinski definition) is 23. The quantitative estimate of drug-likeness (QED) is 0.0102. The van der Waals surface area contributed by atoms with Gasteiger partial charge < -0.3 is 104 Å². The number of benzene rings is 6. The van der Waals surface area contributed by atoms with Crippen molar-refractivity contribution in [1.29, 1.82) is 0 Å². The van der Waals surface area contributed by atoms with Crippen LogP contribution < -0.4 is 50.2 Å². The van der Waals surface area contributed by atoms with E-state index in [0.717, 1.165) is 113 Å². The van der Waals surface area contributed by atoms with Crippen molar-refractivity contribution >= 4 is 76.0 Å². The molecular weight excluding hydrogens is 1610 g/mol. The summed E-state index contributed by atoms with van der Waals surface area (Å²) in [5.74, 6) is -1.86. The molecule has 0 bridgehead atoms. The maximum atomic E-state index is 14.2. The minimum absolute atomic E-state index is 0.0162. The number of nitrogens with one attached hydrogen (secondary N) is 3. The summed E-state index contributed by atoms with van der Waals surface area (Å²) in [6.07, 6.45) is 0.679. The van der Waals surface area contributed by atoms with Gasteiger partial charge in [0.25, 0.3) is 5.91 Å². The molecule has 28 nitrogen and oxygen atoms in total. The summed E-state index contributed by atoms with van der Waals surface area (Å²) in [6.45, 7) is 46.9. The Kier molecular flexibility index (Phi) is 40.0. The molecule has 0 aromatic heterocycles. The standard InChI is InChI=1S/C17H22FN3O2.C17H25FN2O5S.C16H23FN2O3.C14H20FN3O2.C12H14FN3.C11H15FN2O/c1-17(2,3)23-16(22)21-9-7-20(8-10-21)15-11-13(12-19-4)5-6-14(15)18;1-17(2,3)23-16(21)20-9-7-19(8-10-20)15-11-13(5-6-14(15)18)12-22-24-25-26-4;1-16(2,3)22-15(21)19-8-6-18(7-9-19)14-10-12(11-20)4-5-13(14)17;1-17(14(19)10-20-2)11-3-4-13(12(15)9-11)18-7-5-16-6-8-18;1-14-9-10-2-3-11(13)12(8-10)16-6-4-15-5-7-16;12-10-2-1-9(8-15)7-11(10)14-5-3-13-4-6-14/h5-6,11H,7-10,12H2,1-3H3;5-6,11H,7-10,12H2,1-4H3;4-5,10,20H,6-9,11H2,1-3H3;3-4,9,16H,5-8,10H2,1-2H3;2-3,8,15H,4-7,9H2;1-2,7,13,15H,3-6,8H2. The van der Waals surface area contributed by atoms with Crippen LogP contribution >= 0.6 is 12.0 Å². The minimum atomic E-state index is -0.531. The number of rotatable bonds is 18. The molecule has 0 aliphatic carbocycles. The first-order valence-electron chi connectivity index (χ1n) is 40.6. The molecule has 6 aliphatic rings. The minimum Gasteiger partial charge on any atom is -0.444 e. The number of likely N-dealkylation sites (N-methyl/N-ethyl adjacent to an activating group) is 1. The number of aliphatic hydroxyl groups is 2. The van der Waals surface area contributed by atoms with Gasteiger partial charge in [0, 0.05) is 206 Å². The smallest absolute Gasteiger partial charge is 0.410 e. The highest BCUT2D eigenvalue weighted by Crippen LogP contribution is 2.31. The van der Waals surface area contributed by atoms with Crippen molar-refractivity contribution in [2.75, 3.05) is 218 Å². The van der Waals surface area contributed by atoms with Crippen molar-refractivity contribution in [2.45, 2.75) is 112 Å². The number of anilines is 7. The summed E-state index contributed by atoms with van der Waals surface area (Å²) in [5, 5.41) is 32.3. The van der Waals surface area contributed by atoms with E-state index in [0.29, 0.717) is 130 Å². The third kappa shape index (κ3) is 32.6. The molecule has 6 heterocycles. The molecule has 0 spiro atoms. The SMILES string of the molecule is CC(C)(C)OC(=O)N1CCN(c2cc(CO)ccc2F)CC1.COCC(=O)N(C)c1ccc(N2CCNCC2)c(F)c1.CSOOOCc1ccc(F)c(N2CCN(C(=O)OC(C)(C)C)CC2)c1.OCc1ccc(F)c(N2CCNCC2)c1.[C-]#[N+]Cc1ccc(F)c(N2CCN(C(=O)OC(C)(C)C)CC2)c1.[C-]#[N+]Cc1ccc(F)c(N2CCNCC2)c1. The summed E-state index contributed by atoms with van der Waals surface area (Å²) in [5.41, 5.74) is 6.07. The van der Waals surface area contributed by atoms with Crippen molar-refractivity contribution in [2.24, 2.45) is 0 Å². The van der Waals surface area contributed by atoms with Gasteiger partial charge in [-0.2, -0.15) is 0 Å². The molecule has 122 heavy (non-hydrogen) atoms. The fourth-order valence-corrected chi connectivity index (χ4v) is 13.3. The monoisotopic (exact) mass is 1730 g/mol. The predicted molar refractivity (Wildman–Crippen MR) is 462 cm³/mol. The second-order valence-electron chi connectivity index (χ2n) is 32.0. The summed E-state index contributed by atoms with van der Waals surface area (Å²) >= 11 is 1.01. The summed E-state index contributed by atoms with van der Waals surface area (Å²) in [6, 6.07) is 28.6. The number of ether oxygens (including phenoxy) is 4. The van der Waals surface area contributed by atoms with Gasteiger partial charge >= 0.3 is 18.3 Å². The Morgan fingerprint density at radius 3 is 1.01 bits per heavy atom. The maximum Gasteiger partial charge on any atom is 0.410 e. The van der Waals surface area contributed by atoms with E-state index in [1.54, 1.807) is 101 Å². The lowest BCUT2D eigenvalue weighted by atomic mass is 10.1. The molecule has 6 aromatic carbocycles. The maximum absolute atomic E-state index is 14.2. The molecule has 35 heteroatoms. The third-order valence-corrected chi connectivity index (χ3v) is 19.7. The van der Waals surface area contributed by atoms with Crippen LogP contribution in [0.1, 0.15) is 90.1 Å². The van der Waals surface area contributed by atoms with Crippen LogP contribution in [0.15, 0.2) is 109 Å². The Balaban J connectivity index is 0.000000203. The topological polar surface area (TPSA) is 251 Å². The average Bonchev–Trinajstić information content (AvgIpc) is 0.843. The second kappa shape index (κ2) is 49.3. The average molecular weight is 1730 g/mol. The first-order chi connectivity index (χ1) is 58.1. The molecule has 668 valence electrons. The zero-order valence-corrected chi connectivity index (χ0v) is 72.8. The Morgan fingerprint density at radius 1 is 0.418 bits per heavy atom. The van der Waals surface area contributed by atoms with Gasteiger partial charge in [-0.05, 0) is 170 Å². The highest BCUT2D eigenvalue weighted by molar-refractivity contribution is 7.93. The molecule has 0 atom stereocenters. The van der Waals surface area contributed by atoms with Gasteiger partial charge in [-0.15, -0.1) is 4.33 Å². The normalized spacial score (nSPS) is 15.6. The lowest BCUT2D eigenvalue weighted by Gasteiger charge is -2.37. The lowest BCUT2D eigenvalue weighted by molar-refractivity contribution is -0.466. The molecule has 6 saturated heterocycles. The number of carbonyl (C=O) groups is 4. The number of methoxy groups -OCH3 is 1. The number of nitrogens with zero attached hydrogens (tertiary/aromatic N) is 12. The van der Waals surface area contributed by atoms with Crippen molar-refractivity contribution in [1.82, 2.24) is 30.7 Å². The summed E-state index contributed by atoms with van der Waals surface area (Å²) < 4.78 is 109. The van der Waals surface area contributed by atoms with Crippen molar-refractivity contribution in [3.63, 3.8) is 0 Å². The van der Waals surface area contributed by atoms with E-state index in [9.17, 15) is 45.5 Å². The number of carbonyl (C=O) groups excluding carboxylic acids is 4. The van der Waals surface area contributed by atoms with Crippen LogP contribution in [0.4, 0.5) is 80.5 Å². The first-order valence-corrected chi connectivity index (χ1v) is 41.7. The van der Waals surface area contributed by atoms with Crippen LogP contribution in [0.5, 0.6) is 0 Å². The number of halogens is 6. The van der Waals surface area contributed by atoms with Gasteiger partial charge in [0.1, 0.15) is 64.9 Å². The van der Waals surface area contributed by atoms with Crippen molar-refractivity contribution < 1.29 is 88.9 Å². The van der Waals surface area contributed by atoms with E-state index in [1.165, 1.54) is 48.4 Å². The molecule has 6 aliphatic heterocycles. The number of piperazine rings is 6. The zero-order chi connectivity index (χ0) is 89.1. The molecule has 6 aromatic rings. The van der Waals surface area contributed by atoms with Crippen molar-refractivity contribution in [3.05, 3.63) is 195 Å². The molecule has 5 N–H and O–H groups in total. The molecule has 0 radical (unpaired) electrons. The Bertz CT molecular complexity index is 4380. The Morgan fingerprint density at radius 2 is 0.713 bits per heavy atom. The zero-order valence-electron chi connectivity index (χ0n) is 72.0. The molecule has 4 amide bonds. The van der Waals surface area contributed by atoms with E-state index >= 15 is 0 Å². The highest BCUT2D eigenvalue weighted by atomic mass is 32.2. The van der Waals surface area contributed by atoms with Crippen LogP contribution in [0.25, 0.3) is 9.69 Å². The van der Waals surface area contributed by atoms with Crippen molar-refractivity contribution in [3.8, 4) is 0 Å². The fraction of sp³-hybridized carbons (Fsp3) is 0.517. The van der Waals surface area contributed by atoms with Crippen LogP contribution in [0.2, 0.25) is 0 Å². The molecular formula is C87H119F6N15O13S. The highest BCUT2D eigenvalue weighted by Gasteiger charge is 2.32. The lowest BCUT2D eigenvalue weighted by Crippen LogP contribution is -2.50. The predicted octanol–water partition coefficient (Wildman–Crippen LogP) is 12.4. The Hall–Kier alpha value is -10.1. The summed E-state index contributed by atoms with van der Waals surface area (Å²) in [4.78, 5) is 77.4. The van der Waals surface area contributed by atoms with Gasteiger partial charge in [0.05, 0.1) is 47.3 Å². The van der Waals surface area contributed by atoms with E-state index in [4.69, 9.17) is 47.2 Å². The van der Waals surface area contributed by atoms with Gasteiger partial charge in [0.2, 0.25) is 13.1 Å². The largest absolute Gasteiger partial charge is 0.444 e. The third-order valence-electron chi connectivity index (χ3n) is 19.5. The first kappa shape index (κ1) is 99.1. The Labute approximate surface area is 717 Å². The molecule has 6 fully saturated rings. The van der Waals surface area contributed by atoms with Crippen LogP contribution in [0.3, 0.4) is 0 Å². The van der Waals surface area contributed by atoms with E-state index in [1.807, 2.05) is 91.7 Å². The van der Waals surface area contributed by atoms with Crippen LogP contribution in [-0.4, -0.2) is 250 Å². The van der Waals surface area contributed by atoms with Crippen LogP contribution in [0, 0.1) is 48.0 Å². The number of hydrogen-bond donors (Lipinski definition) is 5. The van der Waals surface area contributed by atoms with E-state index in [2.05, 4.69) is 35.0 Å². The van der Waals surface area contributed by atoms with E-state index < -0.39 is 16.8 Å².